The van der Waals surface area contributed by atoms with Crippen molar-refractivity contribution in [1.82, 2.24) is 0 Å². The van der Waals surface area contributed by atoms with Gasteiger partial charge in [-0.2, -0.15) is 11.8 Å². The zero-order valence-corrected chi connectivity index (χ0v) is 11.5. The summed E-state index contributed by atoms with van der Waals surface area (Å²) in [5.41, 5.74) is 5.38. The Labute approximate surface area is 114 Å². The van der Waals surface area contributed by atoms with E-state index in [9.17, 15) is 13.6 Å². The van der Waals surface area contributed by atoms with Crippen LogP contribution in [-0.4, -0.2) is 31.1 Å². The number of nitrogens with one attached hydrogen (secondary N) is 1. The van der Waals surface area contributed by atoms with Crippen molar-refractivity contribution in [2.75, 3.05) is 24.4 Å². The first-order chi connectivity index (χ1) is 8.99. The van der Waals surface area contributed by atoms with E-state index in [1.807, 2.05) is 6.26 Å². The lowest BCUT2D eigenvalue weighted by atomic mass is 10.2. The smallest absolute Gasteiger partial charge is 0.241 e. The van der Waals surface area contributed by atoms with E-state index in [4.69, 9.17) is 5.73 Å². The van der Waals surface area contributed by atoms with Crippen LogP contribution in [0.4, 0.5) is 14.5 Å². The van der Waals surface area contributed by atoms with Crippen LogP contribution in [0.5, 0.6) is 5.75 Å². The maximum absolute atomic E-state index is 13.6. The molecule has 0 radical (unpaired) electrons. The highest BCUT2D eigenvalue weighted by atomic mass is 32.2. The summed E-state index contributed by atoms with van der Waals surface area (Å²) in [5.74, 6) is -1.58. The van der Waals surface area contributed by atoms with Crippen LogP contribution >= 0.6 is 11.8 Å². The van der Waals surface area contributed by atoms with Gasteiger partial charge in [-0.3, -0.25) is 4.79 Å². The van der Waals surface area contributed by atoms with Crippen LogP contribution in [0, 0.1) is 11.6 Å². The Balaban J connectivity index is 2.77. The first-order valence-corrected chi connectivity index (χ1v) is 6.97. The van der Waals surface area contributed by atoms with Gasteiger partial charge >= 0.3 is 0 Å². The molecular formula is C12H16F2N2O2S. The van der Waals surface area contributed by atoms with Crippen LogP contribution in [0.3, 0.4) is 0 Å². The standard InChI is InChI=1S/C12H16F2N2O2S/c1-18-11-6-7(13)10(5-8(11)14)16-12(17)9(15)3-4-19-2/h5-6,9H,3-4,15H2,1-2H3,(H,16,17)/t9-/m0/s1. The number of anilines is 1. The second-order valence-corrected chi connectivity index (χ2v) is 4.83. The molecule has 3 N–H and O–H groups in total. The molecule has 0 aliphatic heterocycles. The second kappa shape index (κ2) is 7.30. The van der Waals surface area contributed by atoms with E-state index < -0.39 is 23.6 Å². The third-order valence-electron chi connectivity index (χ3n) is 2.47. The van der Waals surface area contributed by atoms with Crippen LogP contribution in [0.25, 0.3) is 0 Å². The monoisotopic (exact) mass is 290 g/mol. The number of hydrogen-bond donors (Lipinski definition) is 2. The van der Waals surface area contributed by atoms with Gasteiger partial charge in [0, 0.05) is 12.1 Å². The highest BCUT2D eigenvalue weighted by molar-refractivity contribution is 7.98. The molecule has 0 aromatic heterocycles. The Morgan fingerprint density at radius 2 is 2.16 bits per heavy atom. The molecule has 1 amide bonds. The molecule has 0 bridgehead atoms. The number of carbonyl (C=O) groups is 1. The van der Waals surface area contributed by atoms with Crippen molar-refractivity contribution in [2.45, 2.75) is 12.5 Å². The predicted molar refractivity (Wildman–Crippen MR) is 72.5 cm³/mol. The van der Waals surface area contributed by atoms with Gasteiger partial charge in [-0.1, -0.05) is 0 Å². The zero-order chi connectivity index (χ0) is 14.4. The van der Waals surface area contributed by atoms with Gasteiger partial charge in [-0.25, -0.2) is 8.78 Å². The Hall–Kier alpha value is -1.34. The summed E-state index contributed by atoms with van der Waals surface area (Å²) in [6.07, 6.45) is 2.36. The minimum atomic E-state index is -0.774. The third-order valence-corrected chi connectivity index (χ3v) is 3.11. The molecule has 19 heavy (non-hydrogen) atoms. The summed E-state index contributed by atoms with van der Waals surface area (Å²) in [6, 6.07) is 0.989. The van der Waals surface area contributed by atoms with E-state index in [2.05, 4.69) is 10.1 Å². The summed E-state index contributed by atoms with van der Waals surface area (Å²) in [5, 5.41) is 2.27. The fraction of sp³-hybridized carbons (Fsp3) is 0.417. The summed E-state index contributed by atoms with van der Waals surface area (Å²) in [4.78, 5) is 11.7. The van der Waals surface area contributed by atoms with E-state index in [1.54, 1.807) is 11.8 Å². The van der Waals surface area contributed by atoms with Crippen molar-refractivity contribution in [2.24, 2.45) is 5.73 Å². The number of halogens is 2. The summed E-state index contributed by atoms with van der Waals surface area (Å²) in [7, 11) is 1.23. The lowest BCUT2D eigenvalue weighted by molar-refractivity contribution is -0.117. The van der Waals surface area contributed by atoms with E-state index in [0.29, 0.717) is 12.2 Å². The molecule has 0 spiro atoms. The fourth-order valence-corrected chi connectivity index (χ4v) is 1.87. The SMILES string of the molecule is COc1cc(F)c(NC(=O)[C@@H](N)CCSC)cc1F. The van der Waals surface area contributed by atoms with Crippen molar-refractivity contribution in [3.05, 3.63) is 23.8 Å². The van der Waals surface area contributed by atoms with E-state index in [0.717, 1.165) is 12.1 Å². The van der Waals surface area contributed by atoms with Crippen LogP contribution in [0.15, 0.2) is 12.1 Å². The largest absolute Gasteiger partial charge is 0.494 e. The Morgan fingerprint density at radius 1 is 1.47 bits per heavy atom. The van der Waals surface area contributed by atoms with E-state index >= 15 is 0 Å². The van der Waals surface area contributed by atoms with Crippen LogP contribution in [-0.2, 0) is 4.79 Å². The highest BCUT2D eigenvalue weighted by Gasteiger charge is 2.17. The molecule has 0 aliphatic rings. The summed E-state index contributed by atoms with van der Waals surface area (Å²) >= 11 is 1.55. The van der Waals surface area contributed by atoms with E-state index in [-0.39, 0.29) is 11.4 Å². The lowest BCUT2D eigenvalue weighted by Crippen LogP contribution is -2.36. The van der Waals surface area contributed by atoms with Crippen molar-refractivity contribution in [1.29, 1.82) is 0 Å². The third kappa shape index (κ3) is 4.36. The van der Waals surface area contributed by atoms with Gasteiger partial charge < -0.3 is 15.8 Å². The first kappa shape index (κ1) is 15.7. The molecule has 0 saturated carbocycles. The number of methoxy groups -OCH3 is 1. The molecule has 0 aliphatic carbocycles. The van der Waals surface area contributed by atoms with Gasteiger partial charge in [0.2, 0.25) is 5.91 Å². The fourth-order valence-electron chi connectivity index (χ4n) is 1.38. The number of amides is 1. The molecule has 7 heteroatoms. The van der Waals surface area contributed by atoms with Crippen molar-refractivity contribution in [3.8, 4) is 5.75 Å². The topological polar surface area (TPSA) is 64.3 Å². The van der Waals surface area contributed by atoms with Gasteiger partial charge in [0.1, 0.15) is 0 Å². The zero-order valence-electron chi connectivity index (χ0n) is 10.7. The highest BCUT2D eigenvalue weighted by Crippen LogP contribution is 2.24. The maximum atomic E-state index is 13.6. The molecule has 0 saturated heterocycles. The van der Waals surface area contributed by atoms with Gasteiger partial charge in [0.25, 0.3) is 0 Å². The van der Waals surface area contributed by atoms with Crippen LogP contribution in [0.2, 0.25) is 0 Å². The predicted octanol–water partition coefficient (Wildman–Crippen LogP) is 1.99. The minimum Gasteiger partial charge on any atom is -0.494 e. The molecule has 0 unspecified atom stereocenters. The van der Waals surface area contributed by atoms with Crippen molar-refractivity contribution < 1.29 is 18.3 Å². The van der Waals surface area contributed by atoms with E-state index in [1.165, 1.54) is 7.11 Å². The number of nitrogens with two attached hydrogens (primary N) is 1. The molecule has 0 heterocycles. The van der Waals surface area contributed by atoms with Gasteiger partial charge in [0.05, 0.1) is 18.8 Å². The van der Waals surface area contributed by atoms with Crippen molar-refractivity contribution in [3.63, 3.8) is 0 Å². The summed E-state index contributed by atoms with van der Waals surface area (Å²) < 4.78 is 31.6. The number of hydrogen-bond acceptors (Lipinski definition) is 4. The number of ether oxygens (including phenoxy) is 1. The molecule has 1 aromatic carbocycles. The average molecular weight is 290 g/mol. The minimum absolute atomic E-state index is 0.220. The van der Waals surface area contributed by atoms with Gasteiger partial charge in [-0.05, 0) is 18.4 Å². The molecule has 1 aromatic rings. The lowest BCUT2D eigenvalue weighted by Gasteiger charge is -2.13. The van der Waals surface area contributed by atoms with Crippen LogP contribution < -0.4 is 15.8 Å². The Morgan fingerprint density at radius 3 is 2.74 bits per heavy atom. The Kier molecular flexibility index (Phi) is 6.04. The van der Waals surface area contributed by atoms with Gasteiger partial charge in [0.15, 0.2) is 17.4 Å². The van der Waals surface area contributed by atoms with Crippen LogP contribution in [0.1, 0.15) is 6.42 Å². The Bertz CT molecular complexity index is 458. The number of thioether (sulfide) groups is 1. The average Bonchev–Trinajstić information content (AvgIpc) is 2.39. The number of carbonyl (C=O) groups excluding carboxylic acids is 1. The molecule has 4 nitrogen and oxygen atoms in total. The molecule has 1 atom stereocenters. The molecule has 1 rings (SSSR count). The number of rotatable bonds is 6. The summed E-state index contributed by atoms with van der Waals surface area (Å²) in [6.45, 7) is 0. The second-order valence-electron chi connectivity index (χ2n) is 3.84. The van der Waals surface area contributed by atoms with Crippen molar-refractivity contribution >= 4 is 23.4 Å². The van der Waals surface area contributed by atoms with Gasteiger partial charge in [-0.15, -0.1) is 0 Å². The maximum Gasteiger partial charge on any atom is 0.241 e. The number of benzene rings is 1. The first-order valence-electron chi connectivity index (χ1n) is 5.58. The normalized spacial score (nSPS) is 12.1. The molecular weight excluding hydrogens is 274 g/mol. The molecule has 106 valence electrons. The quantitative estimate of drug-likeness (QED) is 0.841. The molecule has 0 fully saturated rings.